The van der Waals surface area contributed by atoms with Gasteiger partial charge in [0.15, 0.2) is 11.0 Å². The van der Waals surface area contributed by atoms with E-state index in [-0.39, 0.29) is 27.8 Å². The van der Waals surface area contributed by atoms with Gasteiger partial charge >= 0.3 is 6.36 Å². The summed E-state index contributed by atoms with van der Waals surface area (Å²) in [5.41, 5.74) is 0.566. The monoisotopic (exact) mass is 426 g/mol. The summed E-state index contributed by atoms with van der Waals surface area (Å²) in [5, 5.41) is 12.5. The van der Waals surface area contributed by atoms with Gasteiger partial charge in [0, 0.05) is 11.0 Å². The van der Waals surface area contributed by atoms with Gasteiger partial charge in [-0.1, -0.05) is 30.2 Å². The van der Waals surface area contributed by atoms with Crippen molar-refractivity contribution in [1.29, 1.82) is 0 Å². The van der Waals surface area contributed by atoms with Crippen molar-refractivity contribution >= 4 is 17.2 Å². The van der Waals surface area contributed by atoms with E-state index in [2.05, 4.69) is 20.0 Å². The molecule has 0 unspecified atom stereocenters. The Morgan fingerprint density at radius 1 is 1.10 bits per heavy atom. The summed E-state index contributed by atoms with van der Waals surface area (Å²) in [5.74, 6) is 0.453. The lowest BCUT2D eigenvalue weighted by Gasteiger charge is -2.39. The van der Waals surface area contributed by atoms with Gasteiger partial charge < -0.3 is 14.2 Å². The van der Waals surface area contributed by atoms with Crippen molar-refractivity contribution in [3.05, 3.63) is 29.4 Å². The fourth-order valence-electron chi connectivity index (χ4n) is 3.57. The zero-order chi connectivity index (χ0) is 20.2. The van der Waals surface area contributed by atoms with Crippen molar-refractivity contribution < 1.29 is 27.4 Å². The zero-order valence-corrected chi connectivity index (χ0v) is 15.6. The second kappa shape index (κ2) is 6.38. The van der Waals surface area contributed by atoms with Gasteiger partial charge in [0.1, 0.15) is 5.75 Å². The molecule has 0 bridgehead atoms. The number of alkyl halides is 3. The normalized spacial score (nSPS) is 17.8. The number of fused-ring (bicyclic) bond motifs is 3. The van der Waals surface area contributed by atoms with Crippen LogP contribution >= 0.6 is 11.6 Å². The molecule has 7 nitrogen and oxygen atoms in total. The molecule has 2 aromatic heterocycles. The van der Waals surface area contributed by atoms with Crippen LogP contribution in [-0.2, 0) is 0 Å². The van der Waals surface area contributed by atoms with Crippen LogP contribution in [0.2, 0.25) is 5.15 Å². The Bertz CT molecular complexity index is 1100. The molecule has 1 aliphatic heterocycles. The van der Waals surface area contributed by atoms with Crippen LogP contribution in [-0.4, -0.2) is 39.4 Å². The van der Waals surface area contributed by atoms with Crippen LogP contribution < -0.4 is 14.2 Å². The average Bonchev–Trinajstić information content (AvgIpc) is 2.91. The second-order valence-corrected chi connectivity index (χ2v) is 7.57. The first-order valence-corrected chi connectivity index (χ1v) is 9.28. The van der Waals surface area contributed by atoms with Gasteiger partial charge in [0.05, 0.1) is 13.2 Å². The molecule has 0 atom stereocenters. The van der Waals surface area contributed by atoms with E-state index in [1.807, 2.05) is 0 Å². The van der Waals surface area contributed by atoms with Crippen LogP contribution in [0.4, 0.5) is 13.2 Å². The molecule has 1 spiro atoms. The van der Waals surface area contributed by atoms with Gasteiger partial charge in [-0.15, -0.1) is 28.5 Å². The molecule has 152 valence electrons. The molecule has 0 N–H and O–H groups in total. The quantitative estimate of drug-likeness (QED) is 0.609. The Kier molecular flexibility index (Phi) is 4.02. The van der Waals surface area contributed by atoms with Gasteiger partial charge in [-0.3, -0.25) is 0 Å². The average molecular weight is 427 g/mol. The molecule has 3 heterocycles. The highest BCUT2D eigenvalue weighted by Gasteiger charge is 2.42. The van der Waals surface area contributed by atoms with E-state index in [9.17, 15) is 13.2 Å². The van der Waals surface area contributed by atoms with Crippen LogP contribution in [0.25, 0.3) is 17.0 Å². The van der Waals surface area contributed by atoms with Crippen LogP contribution in [0.3, 0.4) is 0 Å². The number of ether oxygens (including phenoxy) is 3. The number of hydrogen-bond acceptors (Lipinski definition) is 6. The predicted molar refractivity (Wildman–Crippen MR) is 95.2 cm³/mol. The molecule has 29 heavy (non-hydrogen) atoms. The minimum Gasteiger partial charge on any atom is -0.486 e. The van der Waals surface area contributed by atoms with Crippen LogP contribution in [0.1, 0.15) is 19.3 Å². The van der Waals surface area contributed by atoms with E-state index < -0.39 is 6.36 Å². The number of benzene rings is 1. The Labute approximate surface area is 167 Å². The van der Waals surface area contributed by atoms with E-state index in [1.165, 1.54) is 22.7 Å². The lowest BCUT2D eigenvalue weighted by Crippen LogP contribution is -2.39. The predicted octanol–water partition coefficient (Wildman–Crippen LogP) is 4.28. The molecule has 0 amide bonds. The summed E-state index contributed by atoms with van der Waals surface area (Å²) in [7, 11) is 0. The van der Waals surface area contributed by atoms with Crippen molar-refractivity contribution in [3.8, 4) is 28.6 Å². The standard InChI is InChI=1S/C18H14ClF3N4O3/c19-14-12-13(28-9-17(8-27-12)5-2-6-17)16-24-23-15(26(16)25-14)10-3-1-4-11(7-10)29-18(20,21)22/h1,3-4,7H,2,5-6,8-9H2. The minimum absolute atomic E-state index is 0.0363. The Morgan fingerprint density at radius 3 is 2.55 bits per heavy atom. The number of rotatable bonds is 2. The van der Waals surface area contributed by atoms with Crippen molar-refractivity contribution in [2.75, 3.05) is 13.2 Å². The molecule has 1 saturated carbocycles. The van der Waals surface area contributed by atoms with Crippen LogP contribution in [0, 0.1) is 5.41 Å². The second-order valence-electron chi connectivity index (χ2n) is 7.21. The first-order chi connectivity index (χ1) is 13.8. The highest BCUT2D eigenvalue weighted by atomic mass is 35.5. The number of nitrogens with zero attached hydrogens (tertiary/aromatic N) is 4. The maximum Gasteiger partial charge on any atom is 0.573 e. The smallest absolute Gasteiger partial charge is 0.486 e. The van der Waals surface area contributed by atoms with Gasteiger partial charge in [0.2, 0.25) is 17.1 Å². The Balaban J connectivity index is 1.57. The first kappa shape index (κ1) is 18.3. The lowest BCUT2D eigenvalue weighted by molar-refractivity contribution is -0.274. The molecule has 0 radical (unpaired) electrons. The fourth-order valence-corrected chi connectivity index (χ4v) is 3.79. The molecular formula is C18H14ClF3N4O3. The van der Waals surface area contributed by atoms with Crippen molar-refractivity contribution in [2.45, 2.75) is 25.6 Å². The Hall–Kier alpha value is -2.75. The van der Waals surface area contributed by atoms with Gasteiger partial charge in [-0.25, -0.2) is 0 Å². The van der Waals surface area contributed by atoms with Crippen molar-refractivity contribution in [3.63, 3.8) is 0 Å². The number of halogens is 4. The van der Waals surface area contributed by atoms with Crippen LogP contribution in [0.5, 0.6) is 17.2 Å². The molecule has 3 aromatic rings. The highest BCUT2D eigenvalue weighted by molar-refractivity contribution is 6.31. The molecule has 1 aliphatic carbocycles. The van der Waals surface area contributed by atoms with E-state index >= 15 is 0 Å². The SMILES string of the molecule is FC(F)(F)Oc1cccc(-c2nnc3c4c(c(Cl)nn23)OCC2(CCC2)CO4)c1. The van der Waals surface area contributed by atoms with E-state index in [0.717, 1.165) is 19.3 Å². The zero-order valence-electron chi connectivity index (χ0n) is 14.9. The van der Waals surface area contributed by atoms with E-state index in [1.54, 1.807) is 6.07 Å². The summed E-state index contributed by atoms with van der Waals surface area (Å²) in [6.45, 7) is 0.947. The molecular weight excluding hydrogens is 413 g/mol. The molecule has 0 saturated heterocycles. The summed E-state index contributed by atoms with van der Waals surface area (Å²) in [6, 6.07) is 5.39. The summed E-state index contributed by atoms with van der Waals surface area (Å²) in [6.07, 6.45) is -1.67. The molecule has 1 fully saturated rings. The third-order valence-corrected chi connectivity index (χ3v) is 5.46. The topological polar surface area (TPSA) is 70.8 Å². The minimum atomic E-state index is -4.80. The van der Waals surface area contributed by atoms with E-state index in [4.69, 9.17) is 21.1 Å². The third-order valence-electron chi connectivity index (χ3n) is 5.21. The van der Waals surface area contributed by atoms with Crippen molar-refractivity contribution in [2.24, 2.45) is 5.41 Å². The number of aromatic nitrogens is 4. The largest absolute Gasteiger partial charge is 0.573 e. The highest BCUT2D eigenvalue weighted by Crippen LogP contribution is 2.47. The van der Waals surface area contributed by atoms with E-state index in [0.29, 0.717) is 30.3 Å². The maximum absolute atomic E-state index is 12.5. The first-order valence-electron chi connectivity index (χ1n) is 8.90. The van der Waals surface area contributed by atoms with Gasteiger partial charge in [0.25, 0.3) is 0 Å². The fraction of sp³-hybridized carbons (Fsp3) is 0.389. The van der Waals surface area contributed by atoms with Gasteiger partial charge in [-0.2, -0.15) is 4.52 Å². The van der Waals surface area contributed by atoms with Crippen LogP contribution in [0.15, 0.2) is 24.3 Å². The third kappa shape index (κ3) is 3.21. The Morgan fingerprint density at radius 2 is 1.86 bits per heavy atom. The summed E-state index contributed by atoms with van der Waals surface area (Å²) < 4.78 is 54.8. The molecule has 2 aliphatic rings. The number of hydrogen-bond donors (Lipinski definition) is 0. The van der Waals surface area contributed by atoms with Gasteiger partial charge in [-0.05, 0) is 25.0 Å². The molecule has 11 heteroatoms. The molecule has 1 aromatic carbocycles. The summed E-state index contributed by atoms with van der Waals surface area (Å²) in [4.78, 5) is 0. The maximum atomic E-state index is 12.5. The molecule has 5 rings (SSSR count). The lowest BCUT2D eigenvalue weighted by atomic mass is 9.70. The summed E-state index contributed by atoms with van der Waals surface area (Å²) >= 11 is 6.32. The van der Waals surface area contributed by atoms with Crippen molar-refractivity contribution in [1.82, 2.24) is 19.8 Å².